The number of aromatic hydroxyl groups is 1. The molecule has 1 aromatic heterocycles. The van der Waals surface area contributed by atoms with Crippen LogP contribution in [0.4, 0.5) is 16.2 Å². The Morgan fingerprint density at radius 3 is 2.44 bits per heavy atom. The normalized spacial score (nSPS) is 13.9. The third kappa shape index (κ3) is 11.7. The van der Waals surface area contributed by atoms with Crippen molar-refractivity contribution in [3.63, 3.8) is 0 Å². The third-order valence-electron chi connectivity index (χ3n) is 10.1. The maximum Gasteiger partial charge on any atom is 0.411 e. The number of phenols is 1. The molecule has 300 valence electrons. The number of rotatable bonds is 17. The highest BCUT2D eigenvalue weighted by Crippen LogP contribution is 2.31. The lowest BCUT2D eigenvalue weighted by Crippen LogP contribution is -2.40. The molecule has 4 aromatic carbocycles. The Hall–Kier alpha value is -5.54. The van der Waals surface area contributed by atoms with E-state index in [1.165, 1.54) is 6.07 Å². The van der Waals surface area contributed by atoms with Crippen LogP contribution in [-0.4, -0.2) is 88.8 Å². The van der Waals surface area contributed by atoms with E-state index < -0.39 is 12.2 Å². The van der Waals surface area contributed by atoms with E-state index in [1.807, 2.05) is 78.9 Å². The molecule has 0 radical (unpaired) electrons. The highest BCUT2D eigenvalue weighted by Gasteiger charge is 2.24. The number of anilines is 2. The van der Waals surface area contributed by atoms with Crippen molar-refractivity contribution in [2.24, 2.45) is 0 Å². The number of piperidine rings is 1. The van der Waals surface area contributed by atoms with E-state index in [2.05, 4.69) is 25.8 Å². The molecule has 1 atom stereocenters. The number of benzene rings is 4. The second-order valence-corrected chi connectivity index (χ2v) is 15.3. The van der Waals surface area contributed by atoms with Gasteiger partial charge in [-0.25, -0.2) is 4.79 Å². The lowest BCUT2D eigenvalue weighted by molar-refractivity contribution is -0.130. The minimum absolute atomic E-state index is 0.0333. The zero-order valence-corrected chi connectivity index (χ0v) is 32.9. The molecule has 6 N–H and O–H groups in total. The molecule has 1 fully saturated rings. The van der Waals surface area contributed by atoms with Crippen LogP contribution in [0, 0.1) is 0 Å². The summed E-state index contributed by atoms with van der Waals surface area (Å²) >= 11 is 0.951. The van der Waals surface area contributed by atoms with Crippen LogP contribution in [0.5, 0.6) is 5.75 Å². The molecule has 0 bridgehead atoms. The van der Waals surface area contributed by atoms with Gasteiger partial charge >= 0.3 is 11.0 Å². The van der Waals surface area contributed by atoms with Crippen LogP contribution in [0.3, 0.4) is 0 Å². The predicted molar refractivity (Wildman–Crippen MR) is 223 cm³/mol. The first-order valence-corrected chi connectivity index (χ1v) is 20.1. The highest BCUT2D eigenvalue weighted by atomic mass is 32.1. The number of amides is 3. The van der Waals surface area contributed by atoms with E-state index in [9.17, 15) is 29.4 Å². The summed E-state index contributed by atoms with van der Waals surface area (Å²) in [7, 11) is 1.80. The van der Waals surface area contributed by atoms with Crippen LogP contribution in [0.25, 0.3) is 21.3 Å². The molecule has 2 heterocycles. The number of aromatic nitrogens is 1. The van der Waals surface area contributed by atoms with Crippen LogP contribution in [0.15, 0.2) is 95.8 Å². The molecule has 6 rings (SSSR count). The summed E-state index contributed by atoms with van der Waals surface area (Å²) in [5.74, 6) is -0.0591. The average molecular weight is 795 g/mol. The molecule has 0 saturated carbocycles. The molecule has 0 aliphatic carbocycles. The van der Waals surface area contributed by atoms with Gasteiger partial charge in [-0.15, -0.1) is 0 Å². The van der Waals surface area contributed by atoms with E-state index in [4.69, 9.17) is 4.74 Å². The monoisotopic (exact) mass is 794 g/mol. The van der Waals surface area contributed by atoms with E-state index in [0.29, 0.717) is 85.3 Å². The molecule has 14 heteroatoms. The fourth-order valence-corrected chi connectivity index (χ4v) is 7.82. The minimum atomic E-state index is -0.870. The smallest absolute Gasteiger partial charge is 0.411 e. The number of nitrogens with one attached hydrogen (secondary N) is 4. The van der Waals surface area contributed by atoms with Crippen LogP contribution < -0.4 is 20.8 Å². The number of para-hydroxylation sites is 1. The number of nitrogens with zero attached hydrogens (tertiary/aromatic N) is 2. The molecular weight excluding hydrogens is 745 g/mol. The molecule has 1 saturated heterocycles. The number of hydrogen-bond donors (Lipinski definition) is 6. The van der Waals surface area contributed by atoms with Crippen LogP contribution >= 0.6 is 11.3 Å². The summed E-state index contributed by atoms with van der Waals surface area (Å²) in [6, 6.07) is 28.1. The second-order valence-electron chi connectivity index (χ2n) is 14.3. The van der Waals surface area contributed by atoms with Gasteiger partial charge in [0.2, 0.25) is 11.8 Å². The Labute approximate surface area is 335 Å². The number of hydrogen-bond acceptors (Lipinski definition) is 10. The number of phenolic OH excluding ortho intramolecular Hbond substituents is 1. The first-order valence-electron chi connectivity index (χ1n) is 19.3. The van der Waals surface area contributed by atoms with Gasteiger partial charge in [0, 0.05) is 76.0 Å². The number of aliphatic hydroxyl groups excluding tert-OH is 1. The molecular formula is C43H50N6O7S. The van der Waals surface area contributed by atoms with Gasteiger partial charge in [0.05, 0.1) is 16.5 Å². The first kappa shape index (κ1) is 41.1. The number of aromatic amines is 1. The molecule has 1 aliphatic heterocycles. The van der Waals surface area contributed by atoms with Crippen LogP contribution in [0.2, 0.25) is 0 Å². The average Bonchev–Trinajstić information content (AvgIpc) is 3.62. The van der Waals surface area contributed by atoms with Crippen molar-refractivity contribution in [1.29, 1.82) is 0 Å². The lowest BCUT2D eigenvalue weighted by atomic mass is 10.0. The van der Waals surface area contributed by atoms with Crippen molar-refractivity contribution in [3.8, 4) is 16.9 Å². The molecule has 1 aliphatic rings. The van der Waals surface area contributed by atoms with Gasteiger partial charge in [0.1, 0.15) is 17.4 Å². The van der Waals surface area contributed by atoms with E-state index in [1.54, 1.807) is 18.0 Å². The van der Waals surface area contributed by atoms with Gasteiger partial charge < -0.3 is 40.4 Å². The topological polar surface area (TPSA) is 176 Å². The van der Waals surface area contributed by atoms with Crippen molar-refractivity contribution in [2.45, 2.75) is 57.3 Å². The molecule has 3 amide bonds. The second kappa shape index (κ2) is 20.1. The van der Waals surface area contributed by atoms with Crippen molar-refractivity contribution >= 4 is 50.8 Å². The van der Waals surface area contributed by atoms with Crippen molar-refractivity contribution in [2.75, 3.05) is 50.4 Å². The zero-order valence-electron chi connectivity index (χ0n) is 32.0. The summed E-state index contributed by atoms with van der Waals surface area (Å²) < 4.78 is 6.28. The van der Waals surface area contributed by atoms with E-state index >= 15 is 0 Å². The Morgan fingerprint density at radius 1 is 0.930 bits per heavy atom. The summed E-state index contributed by atoms with van der Waals surface area (Å²) in [6.45, 7) is 3.45. The Kier molecular flexibility index (Phi) is 14.5. The number of aliphatic hydroxyl groups is 1. The fraction of sp³-hybridized carbons (Fsp3) is 0.349. The number of carbonyl (C=O) groups excluding carboxylic acids is 3. The zero-order chi connectivity index (χ0) is 40.1. The Balaban J connectivity index is 0.811. The summed E-state index contributed by atoms with van der Waals surface area (Å²) in [5, 5.41) is 29.7. The Morgan fingerprint density at radius 2 is 1.67 bits per heavy atom. The molecule has 13 nitrogen and oxygen atoms in total. The van der Waals surface area contributed by atoms with E-state index in [0.717, 1.165) is 41.1 Å². The van der Waals surface area contributed by atoms with Gasteiger partial charge in [-0.3, -0.25) is 19.7 Å². The molecule has 0 unspecified atom stereocenters. The standard InChI is InChI=1S/C43H50N6O7S/c1-48(39(53)22-26-49-24-20-32(21-25-49)56-42(54)46-35-12-6-5-11-33(35)30-9-3-2-4-10-30)23-8-7-13-38(52)45-31-16-14-29(15-17-31)27-44-28-37(51)34-18-19-36(50)40-41(34)57-43(55)47-40/h2-6,9-12,14-19,32,37,44,50-51H,7-8,13,20-28H2,1H3,(H,45,52)(H,46,54)(H,47,55)/t37-/m0/s1. The Bertz CT molecular complexity index is 2170. The van der Waals surface area contributed by atoms with Crippen molar-refractivity contribution in [1.82, 2.24) is 20.1 Å². The van der Waals surface area contributed by atoms with Gasteiger partial charge in [0.25, 0.3) is 0 Å². The van der Waals surface area contributed by atoms with Gasteiger partial charge in [-0.05, 0) is 61.1 Å². The largest absolute Gasteiger partial charge is 0.506 e. The highest BCUT2D eigenvalue weighted by molar-refractivity contribution is 7.16. The summed E-state index contributed by atoms with van der Waals surface area (Å²) in [4.78, 5) is 56.2. The quantitative estimate of drug-likeness (QED) is 0.0578. The number of fused-ring (bicyclic) bond motifs is 1. The maximum absolute atomic E-state index is 12.8. The number of unbranched alkanes of at least 4 members (excludes halogenated alkanes) is 1. The number of ether oxygens (including phenoxy) is 1. The van der Waals surface area contributed by atoms with Crippen molar-refractivity contribution < 1.29 is 29.3 Å². The molecule has 5 aromatic rings. The van der Waals surface area contributed by atoms with Gasteiger partial charge in [-0.1, -0.05) is 78.1 Å². The third-order valence-corrected chi connectivity index (χ3v) is 11.1. The first-order chi connectivity index (χ1) is 27.6. The van der Waals surface area contributed by atoms with Gasteiger partial charge in [0.15, 0.2) is 0 Å². The van der Waals surface area contributed by atoms with Crippen molar-refractivity contribution in [3.05, 3.63) is 112 Å². The van der Waals surface area contributed by atoms with E-state index in [-0.39, 0.29) is 35.1 Å². The van der Waals surface area contributed by atoms with Gasteiger partial charge in [-0.2, -0.15) is 0 Å². The fourth-order valence-electron chi connectivity index (χ4n) is 6.90. The number of likely N-dealkylation sites (tertiary alicyclic amines) is 1. The number of thiazole rings is 1. The van der Waals surface area contributed by atoms with Crippen LogP contribution in [0.1, 0.15) is 55.8 Å². The predicted octanol–water partition coefficient (Wildman–Crippen LogP) is 6.46. The SMILES string of the molecule is CN(CCCCC(=O)Nc1ccc(CNC[C@H](O)c2ccc(O)c3[nH]c(=O)sc23)cc1)C(=O)CCN1CCC(OC(=O)Nc2ccccc2-c2ccccc2)CC1. The molecule has 57 heavy (non-hydrogen) atoms. The summed E-state index contributed by atoms with van der Waals surface area (Å²) in [6.07, 6.45) is 2.02. The lowest BCUT2D eigenvalue weighted by Gasteiger charge is -2.31. The summed E-state index contributed by atoms with van der Waals surface area (Å²) in [5.41, 5.74) is 5.20. The molecule has 0 spiro atoms. The number of H-pyrrole nitrogens is 1. The van der Waals surface area contributed by atoms with Crippen LogP contribution in [-0.2, 0) is 20.9 Å². The minimum Gasteiger partial charge on any atom is -0.506 e. The number of carbonyl (C=O) groups is 3. The maximum atomic E-state index is 12.8.